The van der Waals surface area contributed by atoms with Gasteiger partial charge in [0.2, 0.25) is 0 Å². The quantitative estimate of drug-likeness (QED) is 0.560. The van der Waals surface area contributed by atoms with E-state index in [-0.39, 0.29) is 5.75 Å². The number of para-hydroxylation sites is 1. The Balaban J connectivity index is 1.82. The van der Waals surface area contributed by atoms with Crippen molar-refractivity contribution in [2.24, 2.45) is 0 Å². The summed E-state index contributed by atoms with van der Waals surface area (Å²) in [5.41, 5.74) is 1.76. The summed E-state index contributed by atoms with van der Waals surface area (Å²) in [6.07, 6.45) is -3.23. The van der Waals surface area contributed by atoms with Crippen molar-refractivity contribution in [3.8, 4) is 17.1 Å². The third kappa shape index (κ3) is 2.62. The van der Waals surface area contributed by atoms with Gasteiger partial charge in [-0.15, -0.1) is 18.3 Å². The second-order valence-corrected chi connectivity index (χ2v) is 5.04. The van der Waals surface area contributed by atoms with Gasteiger partial charge in [-0.1, -0.05) is 24.3 Å². The molecular formula is C16H9F3N4O. The maximum Gasteiger partial charge on any atom is 0.573 e. The van der Waals surface area contributed by atoms with E-state index in [1.165, 1.54) is 29.0 Å². The van der Waals surface area contributed by atoms with Gasteiger partial charge in [-0.25, -0.2) is 14.5 Å². The zero-order valence-electron chi connectivity index (χ0n) is 12.0. The summed E-state index contributed by atoms with van der Waals surface area (Å²) >= 11 is 0. The molecule has 0 saturated carbocycles. The van der Waals surface area contributed by atoms with Crippen molar-refractivity contribution >= 4 is 16.6 Å². The molecule has 24 heavy (non-hydrogen) atoms. The van der Waals surface area contributed by atoms with E-state index in [9.17, 15) is 13.2 Å². The Morgan fingerprint density at radius 2 is 1.83 bits per heavy atom. The summed E-state index contributed by atoms with van der Waals surface area (Å²) in [7, 11) is 0. The van der Waals surface area contributed by atoms with Gasteiger partial charge in [0.15, 0.2) is 11.5 Å². The number of rotatable bonds is 2. The Morgan fingerprint density at radius 1 is 1.00 bits per heavy atom. The van der Waals surface area contributed by atoms with Gasteiger partial charge in [0.05, 0.1) is 5.52 Å². The van der Waals surface area contributed by atoms with Crippen molar-refractivity contribution < 1.29 is 17.9 Å². The minimum absolute atomic E-state index is 0.292. The number of hydrogen-bond donors (Lipinski definition) is 0. The van der Waals surface area contributed by atoms with Crippen LogP contribution in [0.5, 0.6) is 5.75 Å². The van der Waals surface area contributed by atoms with Gasteiger partial charge in [0, 0.05) is 10.9 Å². The molecule has 0 saturated heterocycles. The van der Waals surface area contributed by atoms with Gasteiger partial charge >= 0.3 is 6.36 Å². The first-order valence-corrected chi connectivity index (χ1v) is 6.96. The molecule has 120 valence electrons. The third-order valence-electron chi connectivity index (χ3n) is 3.41. The molecule has 0 bridgehead atoms. The van der Waals surface area contributed by atoms with Crippen LogP contribution in [0.15, 0.2) is 54.9 Å². The summed E-state index contributed by atoms with van der Waals surface area (Å²) in [5, 5.41) is 5.08. The number of ether oxygens (including phenoxy) is 1. The van der Waals surface area contributed by atoms with Crippen molar-refractivity contribution in [1.29, 1.82) is 0 Å². The fraction of sp³-hybridized carbons (Fsp3) is 0.0625. The molecule has 0 spiro atoms. The standard InChI is InChI=1S/C16H9F3N4O/c17-16(18,19)24-11-5-3-4-10(8-11)14-21-15-12-6-1-2-7-13(12)20-9-23(15)22-14/h1-9H. The fourth-order valence-electron chi connectivity index (χ4n) is 2.43. The van der Waals surface area contributed by atoms with Crippen molar-refractivity contribution in [1.82, 2.24) is 19.6 Å². The number of fused-ring (bicyclic) bond motifs is 3. The van der Waals surface area contributed by atoms with E-state index in [0.29, 0.717) is 17.0 Å². The highest BCUT2D eigenvalue weighted by molar-refractivity contribution is 5.91. The summed E-state index contributed by atoms with van der Waals surface area (Å²) in [5.74, 6) is -0.0254. The molecule has 4 aromatic rings. The van der Waals surface area contributed by atoms with E-state index in [4.69, 9.17) is 0 Å². The predicted octanol–water partition coefficient (Wildman–Crippen LogP) is 3.84. The van der Waals surface area contributed by atoms with E-state index in [0.717, 1.165) is 10.9 Å². The van der Waals surface area contributed by atoms with Crippen LogP contribution in [0.4, 0.5) is 13.2 Å². The molecule has 0 amide bonds. The first-order chi connectivity index (χ1) is 11.5. The fourth-order valence-corrected chi connectivity index (χ4v) is 2.43. The van der Waals surface area contributed by atoms with Gasteiger partial charge in [-0.05, 0) is 24.3 Å². The van der Waals surface area contributed by atoms with E-state index in [1.54, 1.807) is 6.07 Å². The lowest BCUT2D eigenvalue weighted by molar-refractivity contribution is -0.274. The smallest absolute Gasteiger partial charge is 0.406 e. The van der Waals surface area contributed by atoms with Crippen molar-refractivity contribution in [3.63, 3.8) is 0 Å². The largest absolute Gasteiger partial charge is 0.573 e. The summed E-state index contributed by atoms with van der Waals surface area (Å²) < 4.78 is 42.5. The van der Waals surface area contributed by atoms with Crippen LogP contribution in [0.25, 0.3) is 27.9 Å². The molecule has 0 unspecified atom stereocenters. The van der Waals surface area contributed by atoms with Gasteiger partial charge in [0.1, 0.15) is 12.1 Å². The number of aromatic nitrogens is 4. The molecule has 5 nitrogen and oxygen atoms in total. The Hall–Kier alpha value is -3.16. The minimum atomic E-state index is -4.74. The highest BCUT2D eigenvalue weighted by Gasteiger charge is 2.31. The topological polar surface area (TPSA) is 52.3 Å². The predicted molar refractivity (Wildman–Crippen MR) is 80.4 cm³/mol. The number of halogens is 3. The lowest BCUT2D eigenvalue weighted by Gasteiger charge is -2.08. The Labute approximate surface area is 133 Å². The van der Waals surface area contributed by atoms with Crippen LogP contribution in [0.1, 0.15) is 0 Å². The van der Waals surface area contributed by atoms with E-state index < -0.39 is 6.36 Å². The SMILES string of the molecule is FC(F)(F)Oc1cccc(-c2nc3c4ccccc4ncn3n2)c1. The van der Waals surface area contributed by atoms with Crippen LogP contribution in [-0.4, -0.2) is 25.9 Å². The zero-order chi connectivity index (χ0) is 16.7. The normalized spacial score (nSPS) is 12.0. The van der Waals surface area contributed by atoms with E-state index >= 15 is 0 Å². The molecule has 0 aliphatic heterocycles. The van der Waals surface area contributed by atoms with Gasteiger partial charge in [-0.2, -0.15) is 0 Å². The average molecular weight is 330 g/mol. The van der Waals surface area contributed by atoms with Crippen LogP contribution in [-0.2, 0) is 0 Å². The van der Waals surface area contributed by atoms with E-state index in [1.807, 2.05) is 24.3 Å². The molecule has 2 heterocycles. The number of nitrogens with zero attached hydrogens (tertiary/aromatic N) is 4. The maximum atomic E-state index is 12.4. The first kappa shape index (κ1) is 14.4. The molecule has 8 heteroatoms. The third-order valence-corrected chi connectivity index (χ3v) is 3.41. The Bertz CT molecular complexity index is 1040. The van der Waals surface area contributed by atoms with Gasteiger partial charge in [-0.3, -0.25) is 0 Å². The van der Waals surface area contributed by atoms with Gasteiger partial charge < -0.3 is 4.74 Å². The molecule has 0 aliphatic carbocycles. The number of benzene rings is 2. The van der Waals surface area contributed by atoms with Crippen molar-refractivity contribution in [2.45, 2.75) is 6.36 Å². The molecule has 2 aromatic heterocycles. The molecular weight excluding hydrogens is 321 g/mol. The summed E-state index contributed by atoms with van der Waals surface area (Å²) in [6, 6.07) is 13.0. The summed E-state index contributed by atoms with van der Waals surface area (Å²) in [4.78, 5) is 8.69. The highest BCUT2D eigenvalue weighted by Crippen LogP contribution is 2.27. The van der Waals surface area contributed by atoms with Crippen LogP contribution >= 0.6 is 0 Å². The Morgan fingerprint density at radius 3 is 2.67 bits per heavy atom. The molecule has 4 rings (SSSR count). The minimum Gasteiger partial charge on any atom is -0.406 e. The maximum absolute atomic E-state index is 12.4. The number of alkyl halides is 3. The van der Waals surface area contributed by atoms with E-state index in [2.05, 4.69) is 19.8 Å². The zero-order valence-corrected chi connectivity index (χ0v) is 12.0. The highest BCUT2D eigenvalue weighted by atomic mass is 19.4. The average Bonchev–Trinajstić information content (AvgIpc) is 2.98. The molecule has 0 aliphatic rings. The lowest BCUT2D eigenvalue weighted by Crippen LogP contribution is -2.17. The summed E-state index contributed by atoms with van der Waals surface area (Å²) in [6.45, 7) is 0. The first-order valence-electron chi connectivity index (χ1n) is 6.96. The van der Waals surface area contributed by atoms with Crippen molar-refractivity contribution in [3.05, 3.63) is 54.9 Å². The molecule has 0 fully saturated rings. The Kier molecular flexibility index (Phi) is 3.12. The second kappa shape index (κ2) is 5.19. The van der Waals surface area contributed by atoms with Crippen LogP contribution < -0.4 is 4.74 Å². The molecule has 0 radical (unpaired) electrons. The van der Waals surface area contributed by atoms with Crippen LogP contribution in [0.3, 0.4) is 0 Å². The van der Waals surface area contributed by atoms with Gasteiger partial charge in [0.25, 0.3) is 0 Å². The molecule has 0 N–H and O–H groups in total. The lowest BCUT2D eigenvalue weighted by atomic mass is 10.2. The molecule has 2 aromatic carbocycles. The van der Waals surface area contributed by atoms with Crippen molar-refractivity contribution in [2.75, 3.05) is 0 Å². The monoisotopic (exact) mass is 330 g/mol. The van der Waals surface area contributed by atoms with Crippen LogP contribution in [0, 0.1) is 0 Å². The molecule has 0 atom stereocenters. The van der Waals surface area contributed by atoms with Crippen LogP contribution in [0.2, 0.25) is 0 Å². The second-order valence-electron chi connectivity index (χ2n) is 5.04. The number of hydrogen-bond acceptors (Lipinski definition) is 4.